The third kappa shape index (κ3) is 2.49. The van der Waals surface area contributed by atoms with Crippen molar-refractivity contribution in [2.75, 3.05) is 0 Å². The predicted molar refractivity (Wildman–Crippen MR) is 39.8 cm³/mol. The smallest absolute Gasteiger partial charge is 0.230 e. The minimum atomic E-state index is -0.623. The minimum absolute atomic E-state index is 0.370. The molecule has 0 saturated carbocycles. The summed E-state index contributed by atoms with van der Waals surface area (Å²) >= 11 is 0. The summed E-state index contributed by atoms with van der Waals surface area (Å²) < 4.78 is 13.1. The maximum absolute atomic E-state index is 12.3. The predicted octanol–water partition coefficient (Wildman–Crippen LogP) is 1.71. The maximum Gasteiger partial charge on any atom is 0.230 e. The van der Waals surface area contributed by atoms with Crippen molar-refractivity contribution in [1.29, 1.82) is 0 Å². The fourth-order valence-electron chi connectivity index (χ4n) is 0.511. The van der Waals surface area contributed by atoms with E-state index in [9.17, 15) is 9.18 Å². The lowest BCUT2D eigenvalue weighted by Gasteiger charge is -1.90. The van der Waals surface area contributed by atoms with Crippen LogP contribution in [-0.2, 0) is 0 Å². The number of aromatic nitrogens is 2. The normalized spacial score (nSPS) is 8.36. The highest BCUT2D eigenvalue weighted by Gasteiger charge is 2.01. The molecule has 0 aliphatic heterocycles. The summed E-state index contributed by atoms with van der Waals surface area (Å²) in [5.41, 5.74) is 0. The van der Waals surface area contributed by atoms with Crippen LogP contribution in [0.5, 0.6) is 0 Å². The fourth-order valence-corrected chi connectivity index (χ4v) is 0.511. The standard InChI is InChI=1S/C5H5FN2O.C2H6/c1-4(9)8-3-7-2-5(8)6;1-2/h2-3H,1H3;1-2H3. The Hall–Kier alpha value is -1.19. The van der Waals surface area contributed by atoms with Crippen LogP contribution in [0.1, 0.15) is 25.6 Å². The van der Waals surface area contributed by atoms with Crippen molar-refractivity contribution < 1.29 is 9.18 Å². The number of carbonyl (C=O) groups is 1. The molecule has 0 N–H and O–H groups in total. The van der Waals surface area contributed by atoms with Crippen molar-refractivity contribution in [2.45, 2.75) is 20.8 Å². The van der Waals surface area contributed by atoms with Gasteiger partial charge in [-0.2, -0.15) is 4.39 Å². The Morgan fingerprint density at radius 1 is 1.64 bits per heavy atom. The van der Waals surface area contributed by atoms with E-state index in [1.807, 2.05) is 13.8 Å². The number of halogens is 1. The van der Waals surface area contributed by atoms with Gasteiger partial charge < -0.3 is 0 Å². The van der Waals surface area contributed by atoms with Gasteiger partial charge in [-0.25, -0.2) is 9.55 Å². The molecule has 0 amide bonds. The van der Waals surface area contributed by atoms with Gasteiger partial charge in [0.25, 0.3) is 0 Å². The molecular weight excluding hydrogens is 147 g/mol. The van der Waals surface area contributed by atoms with E-state index in [0.717, 1.165) is 17.1 Å². The van der Waals surface area contributed by atoms with Crippen LogP contribution in [0.15, 0.2) is 12.5 Å². The monoisotopic (exact) mass is 158 g/mol. The zero-order chi connectivity index (χ0) is 8.85. The lowest BCUT2D eigenvalue weighted by Crippen LogP contribution is -2.05. The molecule has 0 unspecified atom stereocenters. The van der Waals surface area contributed by atoms with E-state index >= 15 is 0 Å². The van der Waals surface area contributed by atoms with Gasteiger partial charge in [-0.05, 0) is 0 Å². The number of nitrogens with zero attached hydrogens (tertiary/aromatic N) is 2. The Bertz CT molecular complexity index is 232. The van der Waals surface area contributed by atoms with Crippen LogP contribution in [-0.4, -0.2) is 15.5 Å². The van der Waals surface area contributed by atoms with E-state index in [1.165, 1.54) is 6.92 Å². The van der Waals surface area contributed by atoms with Gasteiger partial charge in [-0.15, -0.1) is 0 Å². The number of rotatable bonds is 0. The first-order chi connectivity index (χ1) is 5.22. The Morgan fingerprint density at radius 3 is 2.36 bits per heavy atom. The molecule has 0 aliphatic rings. The molecule has 0 aliphatic carbocycles. The van der Waals surface area contributed by atoms with Crippen molar-refractivity contribution in [1.82, 2.24) is 9.55 Å². The zero-order valence-electron chi connectivity index (χ0n) is 6.84. The molecule has 0 aromatic carbocycles. The van der Waals surface area contributed by atoms with Gasteiger partial charge in [0.2, 0.25) is 11.9 Å². The lowest BCUT2D eigenvalue weighted by molar-refractivity contribution is 0.0923. The molecular formula is C7H11FN2O. The van der Waals surface area contributed by atoms with Gasteiger partial charge in [0.1, 0.15) is 6.33 Å². The Morgan fingerprint density at radius 2 is 2.18 bits per heavy atom. The molecule has 1 aromatic heterocycles. The van der Waals surface area contributed by atoms with Crippen LogP contribution in [0.2, 0.25) is 0 Å². The summed E-state index contributed by atoms with van der Waals surface area (Å²) in [6.45, 7) is 5.27. The molecule has 0 radical (unpaired) electrons. The van der Waals surface area contributed by atoms with Crippen LogP contribution >= 0.6 is 0 Å². The SMILES string of the molecule is CC.CC(=O)n1cncc1F. The third-order valence-corrected chi connectivity index (χ3v) is 0.933. The average Bonchev–Trinajstić information content (AvgIpc) is 2.39. The van der Waals surface area contributed by atoms with Crippen molar-refractivity contribution in [3.05, 3.63) is 18.5 Å². The summed E-state index contributed by atoms with van der Waals surface area (Å²) in [7, 11) is 0. The number of imidazole rings is 1. The molecule has 1 aromatic rings. The average molecular weight is 158 g/mol. The highest BCUT2D eigenvalue weighted by molar-refractivity contribution is 5.75. The van der Waals surface area contributed by atoms with Gasteiger partial charge >= 0.3 is 0 Å². The van der Waals surface area contributed by atoms with E-state index in [0.29, 0.717) is 0 Å². The molecule has 62 valence electrons. The van der Waals surface area contributed by atoms with Gasteiger partial charge in [0.05, 0.1) is 6.20 Å². The molecule has 0 fully saturated rings. The second-order valence-corrected chi connectivity index (χ2v) is 1.61. The van der Waals surface area contributed by atoms with E-state index in [4.69, 9.17) is 0 Å². The Kier molecular flexibility index (Phi) is 4.10. The van der Waals surface area contributed by atoms with Crippen LogP contribution in [0.25, 0.3) is 0 Å². The Labute approximate surface area is 64.9 Å². The van der Waals surface area contributed by atoms with Crippen molar-refractivity contribution in [3.8, 4) is 0 Å². The summed E-state index contributed by atoms with van der Waals surface area (Å²) in [4.78, 5) is 13.8. The third-order valence-electron chi connectivity index (χ3n) is 0.933. The number of hydrogen-bond donors (Lipinski definition) is 0. The van der Waals surface area contributed by atoms with E-state index < -0.39 is 5.95 Å². The fraction of sp³-hybridized carbons (Fsp3) is 0.429. The first kappa shape index (κ1) is 9.81. The van der Waals surface area contributed by atoms with Gasteiger partial charge in [0.15, 0.2) is 0 Å². The molecule has 0 atom stereocenters. The summed E-state index contributed by atoms with van der Waals surface area (Å²) in [6, 6.07) is 0. The van der Waals surface area contributed by atoms with Crippen LogP contribution in [0, 0.1) is 5.95 Å². The second-order valence-electron chi connectivity index (χ2n) is 1.61. The first-order valence-corrected chi connectivity index (χ1v) is 3.40. The van der Waals surface area contributed by atoms with E-state index in [-0.39, 0.29) is 5.91 Å². The first-order valence-electron chi connectivity index (χ1n) is 3.40. The van der Waals surface area contributed by atoms with Gasteiger partial charge in [0, 0.05) is 6.92 Å². The molecule has 11 heavy (non-hydrogen) atoms. The molecule has 4 heteroatoms. The molecule has 0 bridgehead atoms. The van der Waals surface area contributed by atoms with Crippen LogP contribution < -0.4 is 0 Å². The topological polar surface area (TPSA) is 34.9 Å². The van der Waals surface area contributed by atoms with Crippen molar-refractivity contribution in [2.24, 2.45) is 0 Å². The molecule has 3 nitrogen and oxygen atoms in total. The highest BCUT2D eigenvalue weighted by atomic mass is 19.1. The van der Waals surface area contributed by atoms with Gasteiger partial charge in [-0.1, -0.05) is 13.8 Å². The summed E-state index contributed by atoms with van der Waals surface area (Å²) in [6.07, 6.45) is 2.12. The van der Waals surface area contributed by atoms with E-state index in [2.05, 4.69) is 4.98 Å². The number of hydrogen-bond acceptors (Lipinski definition) is 2. The number of carbonyl (C=O) groups excluding carboxylic acids is 1. The van der Waals surface area contributed by atoms with Gasteiger partial charge in [-0.3, -0.25) is 4.79 Å². The quantitative estimate of drug-likeness (QED) is 0.576. The zero-order valence-corrected chi connectivity index (χ0v) is 6.84. The Balaban J connectivity index is 0.000000461. The lowest BCUT2D eigenvalue weighted by atomic mass is 10.7. The van der Waals surface area contributed by atoms with Crippen molar-refractivity contribution in [3.63, 3.8) is 0 Å². The molecule has 0 spiro atoms. The van der Waals surface area contributed by atoms with Crippen molar-refractivity contribution >= 4 is 5.91 Å². The maximum atomic E-state index is 12.3. The largest absolute Gasteiger partial charge is 0.274 e. The molecule has 0 saturated heterocycles. The van der Waals surface area contributed by atoms with Crippen LogP contribution in [0.3, 0.4) is 0 Å². The van der Waals surface area contributed by atoms with Crippen LogP contribution in [0.4, 0.5) is 4.39 Å². The van der Waals surface area contributed by atoms with E-state index in [1.54, 1.807) is 0 Å². The highest BCUT2D eigenvalue weighted by Crippen LogP contribution is 1.93. The minimum Gasteiger partial charge on any atom is -0.274 e. The molecule has 1 rings (SSSR count). The summed E-state index contributed by atoms with van der Waals surface area (Å²) in [5, 5.41) is 0. The molecule has 1 heterocycles. The summed E-state index contributed by atoms with van der Waals surface area (Å²) in [5.74, 6) is -0.993. The second kappa shape index (κ2) is 4.60.